The Labute approximate surface area is 263 Å². The largest absolute Gasteiger partial charge is 0.444 e. The summed E-state index contributed by atoms with van der Waals surface area (Å²) in [6, 6.07) is 18.6. The normalized spacial score (nSPS) is 15.2. The van der Waals surface area contributed by atoms with Gasteiger partial charge in [0, 0.05) is 31.4 Å². The number of carbonyl (C=O) groups is 3. The molecular formula is C33H43N5O5S. The van der Waals surface area contributed by atoms with Gasteiger partial charge in [0.2, 0.25) is 5.91 Å². The van der Waals surface area contributed by atoms with Crippen molar-refractivity contribution >= 4 is 29.4 Å². The molecule has 3 aromatic rings. The first-order valence-corrected chi connectivity index (χ1v) is 16.1. The van der Waals surface area contributed by atoms with Crippen LogP contribution in [0.5, 0.6) is 0 Å². The Morgan fingerprint density at radius 3 is 2.02 bits per heavy atom. The molecule has 1 aromatic heterocycles. The third-order valence-electron chi connectivity index (χ3n) is 7.54. The molecule has 2 heterocycles. The maximum Gasteiger partial charge on any atom is 0.407 e. The lowest BCUT2D eigenvalue weighted by molar-refractivity contribution is -0.124. The summed E-state index contributed by atoms with van der Waals surface area (Å²) >= 11 is 1.43. The molecular weight excluding hydrogens is 578 g/mol. The highest BCUT2D eigenvalue weighted by Gasteiger charge is 2.29. The zero-order valence-electron chi connectivity index (χ0n) is 25.4. The predicted octanol–water partition coefficient (Wildman–Crippen LogP) is 4.55. The van der Waals surface area contributed by atoms with Crippen LogP contribution < -0.4 is 16.0 Å². The number of thiazole rings is 1. The van der Waals surface area contributed by atoms with E-state index >= 15 is 0 Å². The topological polar surface area (TPSA) is 122 Å². The number of urea groups is 1. The average Bonchev–Trinajstić information content (AvgIpc) is 3.56. The molecule has 1 aliphatic rings. The summed E-state index contributed by atoms with van der Waals surface area (Å²) in [5.74, 6) is -0.336. The number of carbonyl (C=O) groups excluding carboxylic acids is 3. The first kappa shape index (κ1) is 32.9. The van der Waals surface area contributed by atoms with Gasteiger partial charge in [-0.3, -0.25) is 9.78 Å². The summed E-state index contributed by atoms with van der Waals surface area (Å²) in [6.07, 6.45) is 3.64. The van der Waals surface area contributed by atoms with Gasteiger partial charge in [0.25, 0.3) is 0 Å². The number of hydrogen-bond donors (Lipinski definition) is 3. The number of amides is 4. The molecule has 4 amide bonds. The molecule has 44 heavy (non-hydrogen) atoms. The summed E-state index contributed by atoms with van der Waals surface area (Å²) in [5.41, 5.74) is 3.89. The summed E-state index contributed by atoms with van der Waals surface area (Å²) in [4.78, 5) is 45.9. The average molecular weight is 622 g/mol. The minimum absolute atomic E-state index is 0.113. The molecule has 0 aliphatic carbocycles. The van der Waals surface area contributed by atoms with E-state index in [1.807, 2.05) is 74.5 Å². The lowest BCUT2D eigenvalue weighted by atomic mass is 9.95. The second-order valence-corrected chi connectivity index (χ2v) is 12.3. The van der Waals surface area contributed by atoms with E-state index in [1.165, 1.54) is 11.3 Å². The molecule has 1 saturated heterocycles. The number of rotatable bonds is 14. The minimum Gasteiger partial charge on any atom is -0.444 e. The van der Waals surface area contributed by atoms with Gasteiger partial charge in [0.1, 0.15) is 12.6 Å². The van der Waals surface area contributed by atoms with Crippen molar-refractivity contribution in [2.24, 2.45) is 5.92 Å². The van der Waals surface area contributed by atoms with E-state index < -0.39 is 12.1 Å². The van der Waals surface area contributed by atoms with E-state index in [9.17, 15) is 14.4 Å². The van der Waals surface area contributed by atoms with Crippen LogP contribution in [0.15, 0.2) is 72.4 Å². The fourth-order valence-corrected chi connectivity index (χ4v) is 5.63. The molecule has 2 aromatic carbocycles. The molecule has 0 saturated carbocycles. The molecule has 0 spiro atoms. The van der Waals surface area contributed by atoms with Crippen LogP contribution in [0, 0.1) is 5.92 Å². The fourth-order valence-electron chi connectivity index (χ4n) is 5.13. The number of alkyl carbamates (subject to hydrolysis) is 1. The monoisotopic (exact) mass is 621 g/mol. The van der Waals surface area contributed by atoms with Gasteiger partial charge in [-0.1, -0.05) is 74.5 Å². The molecule has 1 fully saturated rings. The second kappa shape index (κ2) is 17.4. The smallest absolute Gasteiger partial charge is 0.407 e. The highest BCUT2D eigenvalue weighted by atomic mass is 32.1. The van der Waals surface area contributed by atoms with E-state index in [2.05, 4.69) is 20.9 Å². The van der Waals surface area contributed by atoms with Gasteiger partial charge < -0.3 is 30.3 Å². The van der Waals surface area contributed by atoms with E-state index in [-0.39, 0.29) is 36.5 Å². The van der Waals surface area contributed by atoms with Crippen LogP contribution in [0.25, 0.3) is 0 Å². The number of hydrogen-bond acceptors (Lipinski definition) is 7. The van der Waals surface area contributed by atoms with Crippen LogP contribution >= 0.6 is 11.3 Å². The van der Waals surface area contributed by atoms with E-state index in [1.54, 1.807) is 16.6 Å². The maximum atomic E-state index is 13.7. The zero-order valence-corrected chi connectivity index (χ0v) is 26.3. The Kier molecular flexibility index (Phi) is 13.0. The zero-order chi connectivity index (χ0) is 31.1. The van der Waals surface area contributed by atoms with Crippen molar-refractivity contribution in [1.82, 2.24) is 25.8 Å². The predicted molar refractivity (Wildman–Crippen MR) is 170 cm³/mol. The molecule has 0 radical (unpaired) electrons. The highest BCUT2D eigenvalue weighted by molar-refractivity contribution is 7.09. The van der Waals surface area contributed by atoms with Gasteiger partial charge in [-0.2, -0.15) is 0 Å². The molecule has 0 bridgehead atoms. The number of aromatic nitrogens is 1. The summed E-state index contributed by atoms with van der Waals surface area (Å²) in [5, 5.41) is 9.21. The van der Waals surface area contributed by atoms with Gasteiger partial charge in [0.05, 0.1) is 23.6 Å². The Balaban J connectivity index is 1.43. The van der Waals surface area contributed by atoms with Gasteiger partial charge >= 0.3 is 12.1 Å². The van der Waals surface area contributed by atoms with E-state index in [4.69, 9.17) is 9.47 Å². The molecule has 4 rings (SSSR count). The van der Waals surface area contributed by atoms with Crippen molar-refractivity contribution in [3.63, 3.8) is 0 Å². The lowest BCUT2D eigenvalue weighted by Crippen LogP contribution is -2.56. The number of benzene rings is 2. The van der Waals surface area contributed by atoms with Crippen molar-refractivity contribution in [3.8, 4) is 0 Å². The maximum absolute atomic E-state index is 13.7. The van der Waals surface area contributed by atoms with E-state index in [0.717, 1.165) is 16.0 Å². The molecule has 11 heteroatoms. The van der Waals surface area contributed by atoms with Gasteiger partial charge in [-0.15, -0.1) is 11.3 Å². The number of nitrogens with zero attached hydrogens (tertiary/aromatic N) is 2. The second-order valence-electron chi connectivity index (χ2n) is 11.3. The third kappa shape index (κ3) is 10.9. The Bertz CT molecular complexity index is 1290. The Morgan fingerprint density at radius 1 is 0.886 bits per heavy atom. The van der Waals surface area contributed by atoms with Crippen molar-refractivity contribution in [2.45, 2.75) is 64.3 Å². The van der Waals surface area contributed by atoms with Gasteiger partial charge in [0.15, 0.2) is 0 Å². The molecule has 1 aliphatic heterocycles. The molecule has 236 valence electrons. The number of morpholine rings is 1. The van der Waals surface area contributed by atoms with Crippen LogP contribution in [0.3, 0.4) is 0 Å². The first-order chi connectivity index (χ1) is 21.4. The molecule has 0 unspecified atom stereocenters. The molecule has 10 nitrogen and oxygen atoms in total. The molecule has 3 N–H and O–H groups in total. The Morgan fingerprint density at radius 2 is 1.48 bits per heavy atom. The summed E-state index contributed by atoms with van der Waals surface area (Å²) < 4.78 is 10.8. The molecule has 3 atom stereocenters. The minimum atomic E-state index is -0.691. The quantitative estimate of drug-likeness (QED) is 0.243. The van der Waals surface area contributed by atoms with Gasteiger partial charge in [-0.05, 0) is 42.7 Å². The number of ether oxygens (including phenoxy) is 2. The van der Waals surface area contributed by atoms with Crippen LogP contribution in [-0.4, -0.2) is 72.3 Å². The van der Waals surface area contributed by atoms with Crippen LogP contribution in [-0.2, 0) is 33.7 Å². The van der Waals surface area contributed by atoms with E-state index in [0.29, 0.717) is 52.0 Å². The highest BCUT2D eigenvalue weighted by Crippen LogP contribution is 2.15. The van der Waals surface area contributed by atoms with Gasteiger partial charge in [-0.25, -0.2) is 9.59 Å². The first-order valence-electron chi connectivity index (χ1n) is 15.2. The van der Waals surface area contributed by atoms with Crippen molar-refractivity contribution in [1.29, 1.82) is 0 Å². The van der Waals surface area contributed by atoms with Crippen molar-refractivity contribution < 1.29 is 23.9 Å². The van der Waals surface area contributed by atoms with Crippen LogP contribution in [0.2, 0.25) is 0 Å². The number of nitrogens with one attached hydrogen (secondary N) is 3. The fraction of sp³-hybridized carbons (Fsp3) is 0.455. The third-order valence-corrected chi connectivity index (χ3v) is 8.29. The van der Waals surface area contributed by atoms with Crippen LogP contribution in [0.4, 0.5) is 9.59 Å². The van der Waals surface area contributed by atoms with Crippen molar-refractivity contribution in [2.75, 3.05) is 26.3 Å². The summed E-state index contributed by atoms with van der Waals surface area (Å²) in [6.45, 7) is 5.98. The Hall–Kier alpha value is -3.96. The van der Waals surface area contributed by atoms with Crippen molar-refractivity contribution in [3.05, 3.63) is 88.4 Å². The SMILES string of the molecule is CC(C)[C@H](NC(=O)N1CCOCC1)C(=O)N[C@H](CC[C@H](Cc1ccccc1)NC(=O)OCc1cncs1)Cc1ccccc1. The lowest BCUT2D eigenvalue weighted by Gasteiger charge is -2.31. The summed E-state index contributed by atoms with van der Waals surface area (Å²) in [7, 11) is 0. The van der Waals surface area contributed by atoms with Crippen LogP contribution in [0.1, 0.15) is 42.7 Å². The standard InChI is InChI=1S/C33H43N5O5S/c1-24(2)30(37-32(40)38-15-17-42-18-16-38)31(39)35-27(19-25-9-5-3-6-10-25)13-14-28(20-26-11-7-4-8-12-26)36-33(41)43-22-29-21-34-23-44-29/h3-12,21,23-24,27-28,30H,13-20,22H2,1-2H3,(H,35,39)(H,36,41)(H,37,40)/t27-,28-,30+/m1/s1.